The van der Waals surface area contributed by atoms with E-state index in [9.17, 15) is 4.79 Å². The summed E-state index contributed by atoms with van der Waals surface area (Å²) in [5.41, 5.74) is 0. The molecule has 2 aliphatic heterocycles. The van der Waals surface area contributed by atoms with Gasteiger partial charge in [0.05, 0.1) is 6.04 Å². The molecule has 0 aliphatic carbocycles. The van der Waals surface area contributed by atoms with E-state index in [-0.39, 0.29) is 11.9 Å². The number of rotatable bonds is 2. The van der Waals surface area contributed by atoms with Crippen LogP contribution in [0, 0.1) is 0 Å². The molecule has 2 saturated heterocycles. The Morgan fingerprint density at radius 2 is 2.38 bits per heavy atom. The lowest BCUT2D eigenvalue weighted by molar-refractivity contribution is -0.134. The Hall–Kier alpha value is -0.260. The third kappa shape index (κ3) is 2.70. The highest BCUT2D eigenvalue weighted by atomic mass is 32.2. The minimum Gasteiger partial charge on any atom is -0.340 e. The number of carbonyl (C=O) groups excluding carboxylic acids is 1. The average Bonchev–Trinajstić information content (AvgIpc) is 2.80. The highest BCUT2D eigenvalue weighted by molar-refractivity contribution is 7.99. The molecule has 1 amide bonds. The van der Waals surface area contributed by atoms with Gasteiger partial charge in [-0.1, -0.05) is 0 Å². The highest BCUT2D eigenvalue weighted by Crippen LogP contribution is 2.17. The van der Waals surface area contributed by atoms with Gasteiger partial charge in [0.15, 0.2) is 0 Å². The van der Waals surface area contributed by atoms with E-state index in [0.29, 0.717) is 6.04 Å². The number of hydrogen-bond donors (Lipinski definition) is 1. The van der Waals surface area contributed by atoms with Crippen molar-refractivity contribution in [1.82, 2.24) is 15.1 Å². The third-order valence-electron chi connectivity index (χ3n) is 3.51. The third-order valence-corrected chi connectivity index (χ3v) is 4.45. The van der Waals surface area contributed by atoms with Gasteiger partial charge >= 0.3 is 0 Å². The van der Waals surface area contributed by atoms with Crippen molar-refractivity contribution < 1.29 is 4.79 Å². The van der Waals surface area contributed by atoms with Gasteiger partial charge in [-0.3, -0.25) is 10.1 Å². The molecule has 0 saturated carbocycles. The molecule has 0 radical (unpaired) electrons. The summed E-state index contributed by atoms with van der Waals surface area (Å²) in [4.78, 5) is 16.5. The maximum Gasteiger partial charge on any atom is 0.240 e. The fourth-order valence-corrected chi connectivity index (χ4v) is 3.37. The molecule has 0 spiro atoms. The molecule has 1 N–H and O–H groups in total. The molecule has 4 nitrogen and oxygen atoms in total. The first-order valence-corrected chi connectivity index (χ1v) is 7.10. The molecule has 5 heteroatoms. The van der Waals surface area contributed by atoms with Gasteiger partial charge in [-0.05, 0) is 26.4 Å². The number of carbonyl (C=O) groups is 1. The number of amides is 1. The summed E-state index contributed by atoms with van der Waals surface area (Å²) in [6.45, 7) is 2.18. The van der Waals surface area contributed by atoms with Crippen LogP contribution in [0.15, 0.2) is 0 Å². The van der Waals surface area contributed by atoms with Crippen LogP contribution < -0.4 is 5.32 Å². The van der Waals surface area contributed by atoms with Crippen LogP contribution in [0.1, 0.15) is 12.8 Å². The van der Waals surface area contributed by atoms with Crippen LogP contribution in [0.5, 0.6) is 0 Å². The molecule has 92 valence electrons. The zero-order valence-electron chi connectivity index (χ0n) is 10.1. The van der Waals surface area contributed by atoms with Gasteiger partial charge in [0.25, 0.3) is 0 Å². The van der Waals surface area contributed by atoms with E-state index in [1.165, 1.54) is 6.42 Å². The molecule has 2 unspecified atom stereocenters. The Bertz CT molecular complexity index is 256. The standard InChI is InChI=1S/C11H21N3OS/c1-13-5-3-4-9(6-13)14(2)11(15)10-7-16-8-12-10/h9-10,12H,3-8H2,1-2H3. The van der Waals surface area contributed by atoms with Gasteiger partial charge in [-0.2, -0.15) is 0 Å². The lowest BCUT2D eigenvalue weighted by Crippen LogP contribution is -2.52. The number of nitrogens with zero attached hydrogens (tertiary/aromatic N) is 2. The van der Waals surface area contributed by atoms with E-state index in [1.807, 2.05) is 11.9 Å². The molecule has 0 bridgehead atoms. The van der Waals surface area contributed by atoms with Gasteiger partial charge in [-0.25, -0.2) is 0 Å². The number of nitrogens with one attached hydrogen (secondary N) is 1. The van der Waals surface area contributed by atoms with E-state index >= 15 is 0 Å². The first-order chi connectivity index (χ1) is 7.68. The summed E-state index contributed by atoms with van der Waals surface area (Å²) < 4.78 is 0. The van der Waals surface area contributed by atoms with Crippen LogP contribution in [-0.4, -0.2) is 66.6 Å². The van der Waals surface area contributed by atoms with Crippen LogP contribution in [0.2, 0.25) is 0 Å². The van der Waals surface area contributed by atoms with Crippen LogP contribution in [0.3, 0.4) is 0 Å². The molecule has 2 aliphatic rings. The summed E-state index contributed by atoms with van der Waals surface area (Å²) in [7, 11) is 4.09. The molecule has 2 heterocycles. The summed E-state index contributed by atoms with van der Waals surface area (Å²) in [6.07, 6.45) is 2.35. The van der Waals surface area contributed by atoms with Gasteiger partial charge in [-0.15, -0.1) is 11.8 Å². The summed E-state index contributed by atoms with van der Waals surface area (Å²) in [5, 5.41) is 3.25. The van der Waals surface area contributed by atoms with Crippen molar-refractivity contribution in [2.24, 2.45) is 0 Å². The molecule has 0 aromatic rings. The quantitative estimate of drug-likeness (QED) is 0.752. The summed E-state index contributed by atoms with van der Waals surface area (Å²) in [5.74, 6) is 2.10. The van der Waals surface area contributed by atoms with Crippen molar-refractivity contribution in [2.75, 3.05) is 38.8 Å². The molecule has 2 rings (SSSR count). The zero-order chi connectivity index (χ0) is 11.5. The normalized spacial score (nSPS) is 31.6. The van der Waals surface area contributed by atoms with E-state index in [4.69, 9.17) is 0 Å². The number of piperidine rings is 1. The number of thioether (sulfide) groups is 1. The fraction of sp³-hybridized carbons (Fsp3) is 0.909. The van der Waals surface area contributed by atoms with Crippen LogP contribution in [0.4, 0.5) is 0 Å². The molecule has 2 fully saturated rings. The monoisotopic (exact) mass is 243 g/mol. The molecule has 0 aromatic carbocycles. The zero-order valence-corrected chi connectivity index (χ0v) is 10.9. The second-order valence-corrected chi connectivity index (χ2v) is 5.81. The van der Waals surface area contributed by atoms with Crippen molar-refractivity contribution in [1.29, 1.82) is 0 Å². The Balaban J connectivity index is 1.89. The van der Waals surface area contributed by atoms with E-state index < -0.39 is 0 Å². The minimum atomic E-state index is 0.0437. The van der Waals surface area contributed by atoms with Gasteiger partial charge in [0, 0.05) is 31.3 Å². The predicted molar refractivity (Wildman–Crippen MR) is 67.5 cm³/mol. The predicted octanol–water partition coefficient (Wildman–Crippen LogP) is 0.202. The van der Waals surface area contributed by atoms with Crippen molar-refractivity contribution in [3.05, 3.63) is 0 Å². The summed E-state index contributed by atoms with van der Waals surface area (Å²) in [6, 6.07) is 0.445. The van der Waals surface area contributed by atoms with Crippen molar-refractivity contribution in [3.8, 4) is 0 Å². The van der Waals surface area contributed by atoms with E-state index in [2.05, 4.69) is 17.3 Å². The van der Waals surface area contributed by atoms with Crippen LogP contribution >= 0.6 is 11.8 Å². The Kier molecular flexibility index (Phi) is 4.10. The molecule has 0 aromatic heterocycles. The van der Waals surface area contributed by atoms with Crippen molar-refractivity contribution in [2.45, 2.75) is 24.9 Å². The van der Waals surface area contributed by atoms with Crippen LogP contribution in [0.25, 0.3) is 0 Å². The topological polar surface area (TPSA) is 35.6 Å². The highest BCUT2D eigenvalue weighted by Gasteiger charge is 2.30. The maximum absolute atomic E-state index is 12.2. The second kappa shape index (κ2) is 5.38. The maximum atomic E-state index is 12.2. The SMILES string of the molecule is CN1CCCC(N(C)C(=O)C2CSCN2)C1. The molecular weight excluding hydrogens is 222 g/mol. The number of likely N-dealkylation sites (N-methyl/N-ethyl adjacent to an activating group) is 2. The Morgan fingerprint density at radius 1 is 1.56 bits per heavy atom. The van der Waals surface area contributed by atoms with Crippen LogP contribution in [-0.2, 0) is 4.79 Å². The lowest BCUT2D eigenvalue weighted by Gasteiger charge is -2.36. The van der Waals surface area contributed by atoms with Gasteiger partial charge < -0.3 is 9.80 Å². The van der Waals surface area contributed by atoms with Crippen molar-refractivity contribution in [3.63, 3.8) is 0 Å². The molecule has 16 heavy (non-hydrogen) atoms. The van der Waals surface area contributed by atoms with Gasteiger partial charge in [0.1, 0.15) is 0 Å². The van der Waals surface area contributed by atoms with Crippen molar-refractivity contribution >= 4 is 17.7 Å². The van der Waals surface area contributed by atoms with E-state index in [1.54, 1.807) is 11.8 Å². The first-order valence-electron chi connectivity index (χ1n) is 5.95. The smallest absolute Gasteiger partial charge is 0.240 e. The van der Waals surface area contributed by atoms with Gasteiger partial charge in [0.2, 0.25) is 5.91 Å². The average molecular weight is 243 g/mol. The Labute approximate surface area is 102 Å². The first kappa shape index (κ1) is 12.2. The Morgan fingerprint density at radius 3 is 3.00 bits per heavy atom. The largest absolute Gasteiger partial charge is 0.340 e. The molecular formula is C11H21N3OS. The lowest BCUT2D eigenvalue weighted by atomic mass is 10.0. The second-order valence-electron chi connectivity index (χ2n) is 4.78. The number of hydrogen-bond acceptors (Lipinski definition) is 4. The van der Waals surface area contributed by atoms with E-state index in [0.717, 1.165) is 31.1 Å². The number of likely N-dealkylation sites (tertiary alicyclic amines) is 1. The summed E-state index contributed by atoms with van der Waals surface area (Å²) >= 11 is 1.81. The molecule has 2 atom stereocenters. The fourth-order valence-electron chi connectivity index (χ4n) is 2.43. The minimum absolute atomic E-state index is 0.0437.